The van der Waals surface area contributed by atoms with Crippen LogP contribution in [0.1, 0.15) is 24.0 Å². The summed E-state index contributed by atoms with van der Waals surface area (Å²) in [6.07, 6.45) is 6.02. The summed E-state index contributed by atoms with van der Waals surface area (Å²) in [6, 6.07) is 13.3. The van der Waals surface area contributed by atoms with Crippen molar-refractivity contribution in [3.05, 3.63) is 65.7 Å². The average molecular weight is 376 g/mol. The Bertz CT molecular complexity index is 972. The van der Waals surface area contributed by atoms with Gasteiger partial charge in [0.25, 0.3) is 0 Å². The van der Waals surface area contributed by atoms with E-state index >= 15 is 0 Å². The van der Waals surface area contributed by atoms with Crippen molar-refractivity contribution in [3.63, 3.8) is 0 Å². The molecule has 1 N–H and O–H groups in total. The Balaban J connectivity index is 1.35. The molecule has 1 aromatic heterocycles. The minimum Gasteiger partial charge on any atom is -0.355 e. The summed E-state index contributed by atoms with van der Waals surface area (Å²) in [5.41, 5.74) is 3.90. The van der Waals surface area contributed by atoms with E-state index in [9.17, 15) is 4.39 Å². The minimum atomic E-state index is -0.183. The molecule has 144 valence electrons. The zero-order valence-electron chi connectivity index (χ0n) is 16.0. The number of piperidine rings is 1. The monoisotopic (exact) mass is 376 g/mol. The van der Waals surface area contributed by atoms with Crippen LogP contribution in [0.4, 0.5) is 10.2 Å². The highest BCUT2D eigenvalue weighted by Gasteiger charge is 2.44. The predicted molar refractivity (Wildman–Crippen MR) is 110 cm³/mol. The van der Waals surface area contributed by atoms with Crippen molar-refractivity contribution >= 4 is 16.7 Å². The van der Waals surface area contributed by atoms with Crippen LogP contribution in [0.25, 0.3) is 10.9 Å². The number of hydrogen-bond acceptors (Lipinski definition) is 4. The lowest BCUT2D eigenvalue weighted by molar-refractivity contribution is 0.149. The molecule has 3 heterocycles. The average Bonchev–Trinajstić information content (AvgIpc) is 2.72. The van der Waals surface area contributed by atoms with Gasteiger partial charge in [0.2, 0.25) is 0 Å². The molecule has 0 radical (unpaired) electrons. The topological polar surface area (TPSA) is 41.1 Å². The molecule has 2 aromatic carbocycles. The Morgan fingerprint density at radius 3 is 2.43 bits per heavy atom. The lowest BCUT2D eigenvalue weighted by atomic mass is 9.72. The molecule has 3 aromatic rings. The maximum absolute atomic E-state index is 13.1. The van der Waals surface area contributed by atoms with Gasteiger partial charge in [-0.3, -0.25) is 0 Å². The first-order chi connectivity index (χ1) is 13.7. The second kappa shape index (κ2) is 7.13. The van der Waals surface area contributed by atoms with Gasteiger partial charge in [0.1, 0.15) is 18.0 Å². The van der Waals surface area contributed by atoms with Crippen molar-refractivity contribution < 1.29 is 4.39 Å². The standard InChI is InChI=1S/C23H25FN4/c24-19-6-3-17(4-7-19)1-2-18-5-8-21-20(13-18)22(27-16-26-21)28-14-23(15-28)9-11-25-12-10-23/h3-8,13,16,25H,1-2,9-12,14-15H2. The van der Waals surface area contributed by atoms with Crippen LogP contribution in [0.15, 0.2) is 48.8 Å². The second-order valence-electron chi connectivity index (χ2n) is 8.28. The highest BCUT2D eigenvalue weighted by atomic mass is 19.1. The summed E-state index contributed by atoms with van der Waals surface area (Å²) in [7, 11) is 0. The van der Waals surface area contributed by atoms with Gasteiger partial charge in [-0.2, -0.15) is 0 Å². The molecule has 2 fully saturated rings. The Kier molecular flexibility index (Phi) is 4.47. The van der Waals surface area contributed by atoms with Crippen molar-refractivity contribution in [1.82, 2.24) is 15.3 Å². The Morgan fingerprint density at radius 2 is 1.64 bits per heavy atom. The molecule has 0 saturated carbocycles. The quantitative estimate of drug-likeness (QED) is 0.753. The normalized spacial score (nSPS) is 18.4. The second-order valence-corrected chi connectivity index (χ2v) is 8.28. The molecule has 0 atom stereocenters. The summed E-state index contributed by atoms with van der Waals surface area (Å²) >= 11 is 0. The van der Waals surface area contributed by atoms with Crippen LogP contribution in [-0.4, -0.2) is 36.1 Å². The summed E-state index contributed by atoms with van der Waals surface area (Å²) in [5, 5.41) is 4.61. The molecular weight excluding hydrogens is 351 g/mol. The largest absolute Gasteiger partial charge is 0.355 e. The molecular formula is C23H25FN4. The first kappa shape index (κ1) is 17.6. The smallest absolute Gasteiger partial charge is 0.139 e. The van der Waals surface area contributed by atoms with Crippen LogP contribution in [0, 0.1) is 11.2 Å². The summed E-state index contributed by atoms with van der Waals surface area (Å²) in [5.74, 6) is 0.884. The molecule has 1 spiro atoms. The number of nitrogens with one attached hydrogen (secondary N) is 1. The first-order valence-corrected chi connectivity index (χ1v) is 10.1. The maximum atomic E-state index is 13.1. The molecule has 2 aliphatic heterocycles. The molecule has 5 heteroatoms. The van der Waals surface area contributed by atoms with Gasteiger partial charge in [-0.15, -0.1) is 0 Å². The van der Waals surface area contributed by atoms with E-state index in [-0.39, 0.29) is 5.82 Å². The van der Waals surface area contributed by atoms with Crippen LogP contribution in [0.3, 0.4) is 0 Å². The van der Waals surface area contributed by atoms with Gasteiger partial charge < -0.3 is 10.2 Å². The molecule has 0 bridgehead atoms. The van der Waals surface area contributed by atoms with Crippen LogP contribution < -0.4 is 10.2 Å². The highest BCUT2D eigenvalue weighted by Crippen LogP contribution is 2.42. The van der Waals surface area contributed by atoms with E-state index in [4.69, 9.17) is 0 Å². The van der Waals surface area contributed by atoms with Gasteiger partial charge in [0.15, 0.2) is 0 Å². The highest BCUT2D eigenvalue weighted by molar-refractivity contribution is 5.90. The number of halogens is 1. The molecule has 0 aliphatic carbocycles. The third-order valence-electron chi connectivity index (χ3n) is 6.31. The predicted octanol–water partition coefficient (Wildman–Crippen LogP) is 3.74. The third kappa shape index (κ3) is 3.35. The van der Waals surface area contributed by atoms with E-state index < -0.39 is 0 Å². The Hall–Kier alpha value is -2.53. The zero-order valence-corrected chi connectivity index (χ0v) is 16.0. The van der Waals surface area contributed by atoms with E-state index in [1.54, 1.807) is 6.33 Å². The molecule has 2 aliphatic rings. The number of hydrogen-bond donors (Lipinski definition) is 1. The zero-order chi connectivity index (χ0) is 19.0. The number of benzene rings is 2. The minimum absolute atomic E-state index is 0.183. The number of aromatic nitrogens is 2. The fraction of sp³-hybridized carbons (Fsp3) is 0.391. The van der Waals surface area contributed by atoms with E-state index in [1.807, 2.05) is 12.1 Å². The Morgan fingerprint density at radius 1 is 0.929 bits per heavy atom. The van der Waals surface area contributed by atoms with E-state index in [2.05, 4.69) is 38.4 Å². The molecule has 28 heavy (non-hydrogen) atoms. The third-order valence-corrected chi connectivity index (χ3v) is 6.31. The first-order valence-electron chi connectivity index (χ1n) is 10.1. The van der Waals surface area contributed by atoms with E-state index in [0.29, 0.717) is 5.41 Å². The van der Waals surface area contributed by atoms with Gasteiger partial charge in [0, 0.05) is 23.9 Å². The summed E-state index contributed by atoms with van der Waals surface area (Å²) < 4.78 is 13.1. The number of nitrogens with zero attached hydrogens (tertiary/aromatic N) is 3. The molecule has 5 rings (SSSR count). The number of rotatable bonds is 4. The molecule has 2 saturated heterocycles. The Labute approximate surface area is 164 Å². The molecule has 0 amide bonds. The fourth-order valence-corrected chi connectivity index (χ4v) is 4.62. The van der Waals surface area contributed by atoms with Crippen molar-refractivity contribution in [2.75, 3.05) is 31.1 Å². The van der Waals surface area contributed by atoms with Crippen LogP contribution >= 0.6 is 0 Å². The van der Waals surface area contributed by atoms with E-state index in [1.165, 1.54) is 30.5 Å². The maximum Gasteiger partial charge on any atom is 0.139 e. The van der Waals surface area contributed by atoms with Crippen molar-refractivity contribution in [2.45, 2.75) is 25.7 Å². The van der Waals surface area contributed by atoms with Crippen molar-refractivity contribution in [2.24, 2.45) is 5.41 Å². The summed E-state index contributed by atoms with van der Waals surface area (Å²) in [6.45, 7) is 4.46. The molecule has 4 nitrogen and oxygen atoms in total. The van der Waals surface area contributed by atoms with Gasteiger partial charge in [-0.05, 0) is 74.2 Å². The van der Waals surface area contributed by atoms with Gasteiger partial charge >= 0.3 is 0 Å². The lowest BCUT2D eigenvalue weighted by Gasteiger charge is -2.53. The SMILES string of the molecule is Fc1ccc(CCc2ccc3ncnc(N4CC5(CCNCC5)C4)c3c2)cc1. The lowest BCUT2D eigenvalue weighted by Crippen LogP contribution is -2.60. The fourth-order valence-electron chi connectivity index (χ4n) is 4.62. The number of anilines is 1. The van der Waals surface area contributed by atoms with E-state index in [0.717, 1.165) is 61.3 Å². The van der Waals surface area contributed by atoms with Gasteiger partial charge in [-0.1, -0.05) is 18.2 Å². The van der Waals surface area contributed by atoms with Crippen molar-refractivity contribution in [3.8, 4) is 0 Å². The molecule has 0 unspecified atom stereocenters. The van der Waals surface area contributed by atoms with Crippen LogP contribution in [-0.2, 0) is 12.8 Å². The number of aryl methyl sites for hydroxylation is 2. The van der Waals surface area contributed by atoms with Crippen LogP contribution in [0.2, 0.25) is 0 Å². The summed E-state index contributed by atoms with van der Waals surface area (Å²) in [4.78, 5) is 11.5. The number of fused-ring (bicyclic) bond motifs is 1. The van der Waals surface area contributed by atoms with Gasteiger partial charge in [0.05, 0.1) is 5.52 Å². The van der Waals surface area contributed by atoms with Crippen LogP contribution in [0.5, 0.6) is 0 Å². The van der Waals surface area contributed by atoms with Gasteiger partial charge in [-0.25, -0.2) is 14.4 Å². The van der Waals surface area contributed by atoms with Crippen molar-refractivity contribution in [1.29, 1.82) is 0 Å².